The van der Waals surface area contributed by atoms with Gasteiger partial charge in [-0.05, 0) is 38.6 Å². The van der Waals surface area contributed by atoms with Crippen LogP contribution in [-0.2, 0) is 6.54 Å². The van der Waals surface area contributed by atoms with Crippen LogP contribution >= 0.6 is 0 Å². The number of anilines is 1. The van der Waals surface area contributed by atoms with Crippen LogP contribution in [-0.4, -0.2) is 35.5 Å². The average Bonchev–Trinajstić information content (AvgIpc) is 2.51. The molecule has 5 nitrogen and oxygen atoms in total. The normalized spacial score (nSPS) is 23.8. The fourth-order valence-corrected chi connectivity index (χ4v) is 3.17. The molecule has 2 saturated heterocycles. The Labute approximate surface area is 120 Å². The summed E-state index contributed by atoms with van der Waals surface area (Å²) in [6.07, 6.45) is 9.22. The average molecular weight is 276 g/mol. The predicted molar refractivity (Wildman–Crippen MR) is 80.2 cm³/mol. The van der Waals surface area contributed by atoms with Crippen LogP contribution in [0.25, 0.3) is 0 Å². The molecule has 1 aromatic heterocycles. The summed E-state index contributed by atoms with van der Waals surface area (Å²) in [7, 11) is 0. The summed E-state index contributed by atoms with van der Waals surface area (Å²) in [6, 6.07) is 2.15. The molecular formula is C15H24N4O. The molecule has 3 heterocycles. The van der Waals surface area contributed by atoms with E-state index >= 15 is 0 Å². The number of piperidine rings is 2. The Kier molecular flexibility index (Phi) is 4.35. The molecule has 110 valence electrons. The Morgan fingerprint density at radius 2 is 2.05 bits per heavy atom. The number of nitrogens with one attached hydrogen (secondary N) is 1. The van der Waals surface area contributed by atoms with E-state index in [0.29, 0.717) is 12.6 Å². The number of nitrogens with zero attached hydrogens (tertiary/aromatic N) is 3. The van der Waals surface area contributed by atoms with E-state index in [1.807, 2.05) is 6.20 Å². The fourth-order valence-electron chi connectivity index (χ4n) is 3.17. The fraction of sp³-hybridized carbons (Fsp3) is 0.733. The van der Waals surface area contributed by atoms with Crippen molar-refractivity contribution in [1.82, 2.24) is 15.1 Å². The number of aromatic nitrogens is 2. The van der Waals surface area contributed by atoms with Crippen molar-refractivity contribution in [1.29, 1.82) is 0 Å². The molecule has 2 fully saturated rings. The van der Waals surface area contributed by atoms with Crippen molar-refractivity contribution in [2.24, 2.45) is 0 Å². The van der Waals surface area contributed by atoms with Gasteiger partial charge in [0, 0.05) is 25.2 Å². The van der Waals surface area contributed by atoms with Crippen molar-refractivity contribution in [3.8, 4) is 0 Å². The molecule has 1 atom stereocenters. The molecule has 0 spiro atoms. The molecule has 0 saturated carbocycles. The zero-order chi connectivity index (χ0) is 13.8. The zero-order valence-electron chi connectivity index (χ0n) is 12.1. The summed E-state index contributed by atoms with van der Waals surface area (Å²) < 4.78 is 1.61. The van der Waals surface area contributed by atoms with Gasteiger partial charge in [0.05, 0.1) is 18.4 Å². The first-order chi connectivity index (χ1) is 9.83. The smallest absolute Gasteiger partial charge is 0.268 e. The van der Waals surface area contributed by atoms with Gasteiger partial charge < -0.3 is 10.2 Å². The van der Waals surface area contributed by atoms with Crippen molar-refractivity contribution in [3.63, 3.8) is 0 Å². The lowest BCUT2D eigenvalue weighted by atomic mass is 10.1. The van der Waals surface area contributed by atoms with Crippen LogP contribution in [0.15, 0.2) is 17.1 Å². The molecule has 0 radical (unpaired) electrons. The first kappa shape index (κ1) is 13.6. The van der Waals surface area contributed by atoms with Gasteiger partial charge >= 0.3 is 0 Å². The van der Waals surface area contributed by atoms with E-state index in [4.69, 9.17) is 0 Å². The molecule has 0 aromatic carbocycles. The summed E-state index contributed by atoms with van der Waals surface area (Å²) in [6.45, 7) is 3.86. The topological polar surface area (TPSA) is 50.2 Å². The molecule has 20 heavy (non-hydrogen) atoms. The van der Waals surface area contributed by atoms with Gasteiger partial charge in [0.25, 0.3) is 5.56 Å². The summed E-state index contributed by atoms with van der Waals surface area (Å²) in [4.78, 5) is 14.5. The van der Waals surface area contributed by atoms with Gasteiger partial charge in [-0.3, -0.25) is 4.79 Å². The molecule has 5 heteroatoms. The molecule has 1 aromatic rings. The third kappa shape index (κ3) is 3.20. The van der Waals surface area contributed by atoms with Crippen LogP contribution in [0.4, 0.5) is 5.69 Å². The lowest BCUT2D eigenvalue weighted by Gasteiger charge is -2.28. The maximum absolute atomic E-state index is 12.2. The lowest BCUT2D eigenvalue weighted by Crippen LogP contribution is -2.40. The van der Waals surface area contributed by atoms with Gasteiger partial charge in [-0.15, -0.1) is 0 Å². The number of hydrogen-bond donors (Lipinski definition) is 1. The Hall–Kier alpha value is -1.36. The Morgan fingerprint density at radius 3 is 2.75 bits per heavy atom. The van der Waals surface area contributed by atoms with Crippen LogP contribution in [0.1, 0.15) is 38.5 Å². The minimum Gasteiger partial charge on any atom is -0.370 e. The van der Waals surface area contributed by atoms with Crippen LogP contribution in [0.3, 0.4) is 0 Å². The van der Waals surface area contributed by atoms with Crippen LogP contribution in [0, 0.1) is 0 Å². The SMILES string of the molecule is O=c1cc(N2CCCCC2)cnn1CC1CCCCN1. The first-order valence-electron chi connectivity index (χ1n) is 7.88. The second-order valence-corrected chi connectivity index (χ2v) is 5.93. The highest BCUT2D eigenvalue weighted by molar-refractivity contribution is 5.43. The highest BCUT2D eigenvalue weighted by Crippen LogP contribution is 2.17. The van der Waals surface area contributed by atoms with Gasteiger partial charge in [-0.2, -0.15) is 5.10 Å². The van der Waals surface area contributed by atoms with Crippen LogP contribution in [0.5, 0.6) is 0 Å². The second kappa shape index (κ2) is 6.39. The third-order valence-corrected chi connectivity index (χ3v) is 4.38. The van der Waals surface area contributed by atoms with Gasteiger partial charge in [-0.1, -0.05) is 6.42 Å². The first-order valence-corrected chi connectivity index (χ1v) is 7.88. The van der Waals surface area contributed by atoms with E-state index in [9.17, 15) is 4.79 Å². The maximum atomic E-state index is 12.2. The molecule has 2 aliphatic heterocycles. The Bertz CT molecular complexity index is 487. The van der Waals surface area contributed by atoms with Gasteiger partial charge in [0.2, 0.25) is 0 Å². The highest BCUT2D eigenvalue weighted by atomic mass is 16.1. The van der Waals surface area contributed by atoms with Crippen molar-refractivity contribution >= 4 is 5.69 Å². The molecule has 0 aliphatic carbocycles. The Morgan fingerprint density at radius 1 is 1.20 bits per heavy atom. The number of hydrogen-bond acceptors (Lipinski definition) is 4. The molecule has 0 amide bonds. The van der Waals surface area contributed by atoms with Gasteiger partial charge in [0.1, 0.15) is 0 Å². The summed E-state index contributed by atoms with van der Waals surface area (Å²) >= 11 is 0. The van der Waals surface area contributed by atoms with E-state index in [0.717, 1.165) is 31.7 Å². The van der Waals surface area contributed by atoms with Gasteiger partial charge in [-0.25, -0.2) is 4.68 Å². The minimum atomic E-state index is 0.0282. The molecule has 1 N–H and O–H groups in total. The monoisotopic (exact) mass is 276 g/mol. The quantitative estimate of drug-likeness (QED) is 0.906. The van der Waals surface area contributed by atoms with Gasteiger partial charge in [0.15, 0.2) is 0 Å². The van der Waals surface area contributed by atoms with E-state index in [1.54, 1.807) is 10.7 Å². The van der Waals surface area contributed by atoms with Crippen molar-refractivity contribution < 1.29 is 0 Å². The lowest BCUT2D eigenvalue weighted by molar-refractivity contribution is 0.345. The summed E-state index contributed by atoms with van der Waals surface area (Å²) in [5, 5.41) is 7.83. The molecule has 0 bridgehead atoms. The molecule has 1 unspecified atom stereocenters. The van der Waals surface area contributed by atoms with Crippen molar-refractivity contribution in [3.05, 3.63) is 22.6 Å². The summed E-state index contributed by atoms with van der Waals surface area (Å²) in [5.74, 6) is 0. The highest BCUT2D eigenvalue weighted by Gasteiger charge is 2.16. The predicted octanol–water partition coefficient (Wildman–Crippen LogP) is 1.38. The minimum absolute atomic E-state index is 0.0282. The van der Waals surface area contributed by atoms with Crippen LogP contribution < -0.4 is 15.8 Å². The Balaban J connectivity index is 1.68. The van der Waals surface area contributed by atoms with E-state index in [1.165, 1.54) is 32.1 Å². The van der Waals surface area contributed by atoms with E-state index < -0.39 is 0 Å². The van der Waals surface area contributed by atoms with Crippen molar-refractivity contribution in [2.45, 2.75) is 51.1 Å². The summed E-state index contributed by atoms with van der Waals surface area (Å²) in [5.41, 5.74) is 1.02. The second-order valence-electron chi connectivity index (χ2n) is 5.93. The van der Waals surface area contributed by atoms with E-state index in [2.05, 4.69) is 15.3 Å². The maximum Gasteiger partial charge on any atom is 0.268 e. The largest absolute Gasteiger partial charge is 0.370 e. The standard InChI is InChI=1S/C15H24N4O/c20-15-10-14(18-8-4-1-5-9-18)11-17-19(15)12-13-6-2-3-7-16-13/h10-11,13,16H,1-9,12H2. The molecule has 2 aliphatic rings. The third-order valence-electron chi connectivity index (χ3n) is 4.38. The zero-order valence-corrected chi connectivity index (χ0v) is 12.1. The van der Waals surface area contributed by atoms with Crippen LogP contribution in [0.2, 0.25) is 0 Å². The molecular weight excluding hydrogens is 252 g/mol. The van der Waals surface area contributed by atoms with Crippen molar-refractivity contribution in [2.75, 3.05) is 24.5 Å². The molecule has 3 rings (SSSR count). The van der Waals surface area contributed by atoms with E-state index in [-0.39, 0.29) is 5.56 Å². The number of rotatable bonds is 3.